The Bertz CT molecular complexity index is 1080. The maximum atomic E-state index is 13.1. The predicted octanol–water partition coefficient (Wildman–Crippen LogP) is 3.32. The van der Waals surface area contributed by atoms with Crippen molar-refractivity contribution in [3.05, 3.63) is 76.5 Å². The van der Waals surface area contributed by atoms with E-state index >= 15 is 0 Å². The lowest BCUT2D eigenvalue weighted by Crippen LogP contribution is -2.13. The van der Waals surface area contributed by atoms with Gasteiger partial charge in [-0.2, -0.15) is 0 Å². The molecule has 1 heterocycles. The second-order valence-electron chi connectivity index (χ2n) is 6.19. The molecule has 1 N–H and O–H groups in total. The Balaban J connectivity index is 1.88. The fourth-order valence-corrected chi connectivity index (χ4v) is 2.73. The van der Waals surface area contributed by atoms with Crippen LogP contribution in [0, 0.1) is 5.82 Å². The van der Waals surface area contributed by atoms with Crippen molar-refractivity contribution < 1.29 is 28.1 Å². The number of H-pyrrole nitrogens is 1. The fourth-order valence-electron chi connectivity index (χ4n) is 2.73. The van der Waals surface area contributed by atoms with E-state index in [-0.39, 0.29) is 24.6 Å². The number of rotatable bonds is 8. The summed E-state index contributed by atoms with van der Waals surface area (Å²) in [5.41, 5.74) is 1.24. The van der Waals surface area contributed by atoms with Gasteiger partial charge in [0.25, 0.3) is 5.56 Å². The molecule has 0 saturated carbocycles. The average molecular weight is 413 g/mol. The number of carbonyl (C=O) groups excluding carboxylic acids is 1. The monoisotopic (exact) mass is 413 g/mol. The van der Waals surface area contributed by atoms with Crippen molar-refractivity contribution in [1.82, 2.24) is 4.98 Å². The normalized spacial score (nSPS) is 10.4. The highest BCUT2D eigenvalue weighted by Gasteiger charge is 2.15. The molecule has 0 bridgehead atoms. The van der Waals surface area contributed by atoms with Crippen LogP contribution < -0.4 is 19.8 Å². The molecule has 0 amide bonds. The second kappa shape index (κ2) is 9.60. The summed E-state index contributed by atoms with van der Waals surface area (Å²) in [6.07, 6.45) is 1.48. The van der Waals surface area contributed by atoms with Crippen LogP contribution in [0.25, 0.3) is 11.1 Å². The van der Waals surface area contributed by atoms with E-state index in [1.807, 2.05) is 0 Å². The van der Waals surface area contributed by atoms with Gasteiger partial charge in [-0.25, -0.2) is 9.18 Å². The first kappa shape index (κ1) is 20.9. The van der Waals surface area contributed by atoms with Crippen LogP contribution in [0.15, 0.2) is 59.5 Å². The van der Waals surface area contributed by atoms with Gasteiger partial charge < -0.3 is 23.9 Å². The lowest BCUT2D eigenvalue weighted by molar-refractivity contribution is -0.142. The van der Waals surface area contributed by atoms with Crippen LogP contribution in [0.3, 0.4) is 0 Å². The van der Waals surface area contributed by atoms with Crippen molar-refractivity contribution in [2.75, 3.05) is 20.8 Å². The van der Waals surface area contributed by atoms with Crippen LogP contribution in [0.2, 0.25) is 0 Å². The maximum absolute atomic E-state index is 13.1. The Kier molecular flexibility index (Phi) is 6.69. The summed E-state index contributed by atoms with van der Waals surface area (Å²) in [7, 11) is 2.71. The Labute approximate surface area is 172 Å². The van der Waals surface area contributed by atoms with Crippen molar-refractivity contribution in [1.29, 1.82) is 0 Å². The summed E-state index contributed by atoms with van der Waals surface area (Å²) >= 11 is 0. The zero-order valence-corrected chi connectivity index (χ0v) is 16.4. The summed E-state index contributed by atoms with van der Waals surface area (Å²) in [6, 6.07) is 12.4. The minimum atomic E-state index is -0.530. The van der Waals surface area contributed by atoms with E-state index in [9.17, 15) is 14.0 Å². The molecule has 0 saturated heterocycles. The largest absolute Gasteiger partial charge is 0.493 e. The standard InChI is InChI=1S/C22H20FNO6/c1-27-19-11-15(5-8-17(19)30-13-20(25)28-2)21-18(9-10-24-22(21)26)29-12-14-3-6-16(23)7-4-14/h3-11H,12-13H2,1-2H3,(H,24,26). The number of ether oxygens (including phenoxy) is 4. The number of nitrogens with one attached hydrogen (secondary N) is 1. The lowest BCUT2D eigenvalue weighted by atomic mass is 10.1. The summed E-state index contributed by atoms with van der Waals surface area (Å²) in [5.74, 6) is 0.152. The zero-order valence-electron chi connectivity index (χ0n) is 16.4. The van der Waals surface area contributed by atoms with Gasteiger partial charge in [0.2, 0.25) is 0 Å². The molecule has 8 heteroatoms. The van der Waals surface area contributed by atoms with Crippen LogP contribution in [0.4, 0.5) is 4.39 Å². The van der Waals surface area contributed by atoms with Gasteiger partial charge in [-0.1, -0.05) is 18.2 Å². The molecule has 0 spiro atoms. The van der Waals surface area contributed by atoms with E-state index < -0.39 is 5.97 Å². The Hall–Kier alpha value is -3.81. The number of pyridine rings is 1. The summed E-state index contributed by atoms with van der Waals surface area (Å²) in [5, 5.41) is 0. The van der Waals surface area contributed by atoms with E-state index in [0.29, 0.717) is 28.4 Å². The Morgan fingerprint density at radius 1 is 0.967 bits per heavy atom. The average Bonchev–Trinajstić information content (AvgIpc) is 2.77. The summed E-state index contributed by atoms with van der Waals surface area (Å²) in [4.78, 5) is 26.4. The van der Waals surface area contributed by atoms with Gasteiger partial charge in [0.15, 0.2) is 18.1 Å². The third kappa shape index (κ3) is 4.96. The molecule has 2 aromatic carbocycles. The fraction of sp³-hybridized carbons (Fsp3) is 0.182. The van der Waals surface area contributed by atoms with Gasteiger partial charge in [0, 0.05) is 6.20 Å². The molecule has 156 valence electrons. The Morgan fingerprint density at radius 2 is 1.73 bits per heavy atom. The number of hydrogen-bond donors (Lipinski definition) is 1. The van der Waals surface area contributed by atoms with Crippen molar-refractivity contribution in [3.8, 4) is 28.4 Å². The van der Waals surface area contributed by atoms with Crippen LogP contribution in [-0.4, -0.2) is 31.8 Å². The highest BCUT2D eigenvalue weighted by molar-refractivity contribution is 5.73. The second-order valence-corrected chi connectivity index (χ2v) is 6.19. The Morgan fingerprint density at radius 3 is 2.43 bits per heavy atom. The molecule has 0 aliphatic carbocycles. The number of aromatic amines is 1. The first-order valence-corrected chi connectivity index (χ1v) is 8.98. The number of aromatic nitrogens is 1. The quantitative estimate of drug-likeness (QED) is 0.570. The predicted molar refractivity (Wildman–Crippen MR) is 107 cm³/mol. The molecule has 7 nitrogen and oxygen atoms in total. The number of esters is 1. The third-order valence-corrected chi connectivity index (χ3v) is 4.26. The van der Waals surface area contributed by atoms with Crippen LogP contribution in [-0.2, 0) is 16.1 Å². The number of methoxy groups -OCH3 is 2. The number of benzene rings is 2. The van der Waals surface area contributed by atoms with Crippen molar-refractivity contribution >= 4 is 5.97 Å². The summed E-state index contributed by atoms with van der Waals surface area (Å²) in [6.45, 7) is -0.113. The van der Waals surface area contributed by atoms with E-state index in [1.165, 1.54) is 32.5 Å². The van der Waals surface area contributed by atoms with E-state index in [4.69, 9.17) is 14.2 Å². The highest BCUT2D eigenvalue weighted by Crippen LogP contribution is 2.34. The molecular formula is C22H20FNO6. The molecule has 0 unspecified atom stereocenters. The van der Waals surface area contributed by atoms with Crippen molar-refractivity contribution in [2.24, 2.45) is 0 Å². The molecule has 0 aliphatic heterocycles. The molecule has 0 aliphatic rings. The zero-order chi connectivity index (χ0) is 21.5. The lowest BCUT2D eigenvalue weighted by Gasteiger charge is -2.14. The van der Waals surface area contributed by atoms with Gasteiger partial charge in [0.1, 0.15) is 18.2 Å². The topological polar surface area (TPSA) is 86.9 Å². The van der Waals surface area contributed by atoms with Crippen molar-refractivity contribution in [2.45, 2.75) is 6.61 Å². The van der Waals surface area contributed by atoms with E-state index in [1.54, 1.807) is 36.4 Å². The minimum absolute atomic E-state index is 0.161. The minimum Gasteiger partial charge on any atom is -0.493 e. The molecular weight excluding hydrogens is 393 g/mol. The van der Waals surface area contributed by atoms with Gasteiger partial charge in [0.05, 0.1) is 19.8 Å². The van der Waals surface area contributed by atoms with Gasteiger partial charge >= 0.3 is 5.97 Å². The van der Waals surface area contributed by atoms with Crippen LogP contribution in [0.5, 0.6) is 17.2 Å². The SMILES string of the molecule is COC(=O)COc1ccc(-c2c(OCc3ccc(F)cc3)cc[nH]c2=O)cc1OC. The molecule has 0 atom stereocenters. The van der Waals surface area contributed by atoms with Crippen LogP contribution in [0.1, 0.15) is 5.56 Å². The maximum Gasteiger partial charge on any atom is 0.343 e. The first-order chi connectivity index (χ1) is 14.5. The smallest absolute Gasteiger partial charge is 0.343 e. The highest BCUT2D eigenvalue weighted by atomic mass is 19.1. The number of carbonyl (C=O) groups is 1. The van der Waals surface area contributed by atoms with Gasteiger partial charge in [-0.15, -0.1) is 0 Å². The molecule has 3 aromatic rings. The first-order valence-electron chi connectivity index (χ1n) is 8.98. The molecule has 3 rings (SSSR count). The molecule has 0 fully saturated rings. The number of halogens is 1. The molecule has 0 radical (unpaired) electrons. The van der Waals surface area contributed by atoms with E-state index in [0.717, 1.165) is 5.56 Å². The van der Waals surface area contributed by atoms with Gasteiger partial charge in [-0.05, 0) is 41.5 Å². The van der Waals surface area contributed by atoms with Crippen LogP contribution >= 0.6 is 0 Å². The van der Waals surface area contributed by atoms with Gasteiger partial charge in [-0.3, -0.25) is 4.79 Å². The third-order valence-electron chi connectivity index (χ3n) is 4.26. The number of hydrogen-bond acceptors (Lipinski definition) is 6. The summed E-state index contributed by atoms with van der Waals surface area (Å²) < 4.78 is 34.2. The molecule has 30 heavy (non-hydrogen) atoms. The van der Waals surface area contributed by atoms with Crippen molar-refractivity contribution in [3.63, 3.8) is 0 Å². The molecule has 1 aromatic heterocycles. The van der Waals surface area contributed by atoms with E-state index in [2.05, 4.69) is 9.72 Å².